The van der Waals surface area contributed by atoms with Gasteiger partial charge >= 0.3 is 5.97 Å². The summed E-state index contributed by atoms with van der Waals surface area (Å²) in [7, 11) is 0. The highest BCUT2D eigenvalue weighted by Crippen LogP contribution is 2.06. The van der Waals surface area contributed by atoms with Crippen LogP contribution < -0.4 is 0 Å². The van der Waals surface area contributed by atoms with Crippen LogP contribution in [0, 0.1) is 6.92 Å². The van der Waals surface area contributed by atoms with Gasteiger partial charge in [-0.2, -0.15) is 0 Å². The first-order valence-corrected chi connectivity index (χ1v) is 4.83. The van der Waals surface area contributed by atoms with Crippen molar-refractivity contribution < 1.29 is 13.9 Å². The summed E-state index contributed by atoms with van der Waals surface area (Å²) in [6.07, 6.45) is 0.368. The molecule has 1 heterocycles. The second-order valence-electron chi connectivity index (χ2n) is 3.01. The third-order valence-corrected chi connectivity index (χ3v) is 1.95. The molecule has 1 aromatic rings. The van der Waals surface area contributed by atoms with E-state index in [1.165, 1.54) is 4.68 Å². The first-order chi connectivity index (χ1) is 7.20. The average molecular weight is 215 g/mol. The van der Waals surface area contributed by atoms with E-state index in [-0.39, 0.29) is 5.69 Å². The topological polar surface area (TPSA) is 57.0 Å². The van der Waals surface area contributed by atoms with Crippen molar-refractivity contribution in [2.24, 2.45) is 0 Å². The van der Waals surface area contributed by atoms with Crippen molar-refractivity contribution in [1.29, 1.82) is 0 Å². The van der Waals surface area contributed by atoms with Gasteiger partial charge in [0.2, 0.25) is 0 Å². The Morgan fingerprint density at radius 2 is 2.33 bits per heavy atom. The minimum Gasteiger partial charge on any atom is -0.461 e. The molecule has 0 bridgehead atoms. The summed E-state index contributed by atoms with van der Waals surface area (Å²) in [6, 6.07) is 0. The molecule has 1 aromatic heterocycles. The largest absolute Gasteiger partial charge is 0.461 e. The fourth-order valence-corrected chi connectivity index (χ4v) is 1.17. The van der Waals surface area contributed by atoms with Crippen LogP contribution in [-0.4, -0.2) is 34.2 Å². The molecule has 15 heavy (non-hydrogen) atoms. The number of hydrogen-bond donors (Lipinski definition) is 0. The van der Waals surface area contributed by atoms with Crippen molar-refractivity contribution in [2.45, 2.75) is 26.8 Å². The number of alkyl halides is 1. The summed E-state index contributed by atoms with van der Waals surface area (Å²) < 4.78 is 18.2. The second-order valence-corrected chi connectivity index (χ2v) is 3.01. The number of rotatable bonds is 5. The third kappa shape index (κ3) is 2.74. The summed E-state index contributed by atoms with van der Waals surface area (Å²) in [6.45, 7) is 3.75. The van der Waals surface area contributed by atoms with Gasteiger partial charge in [-0.05, 0) is 20.3 Å². The van der Waals surface area contributed by atoms with Gasteiger partial charge in [0.1, 0.15) is 0 Å². The van der Waals surface area contributed by atoms with Crippen molar-refractivity contribution in [3.05, 3.63) is 11.4 Å². The number of carbonyl (C=O) groups is 1. The van der Waals surface area contributed by atoms with Gasteiger partial charge in [0.05, 0.1) is 19.0 Å². The quantitative estimate of drug-likeness (QED) is 0.691. The molecular weight excluding hydrogens is 201 g/mol. The van der Waals surface area contributed by atoms with Crippen LogP contribution in [0.2, 0.25) is 0 Å². The first kappa shape index (κ1) is 11.6. The lowest BCUT2D eigenvalue weighted by Gasteiger charge is -2.01. The average Bonchev–Trinajstić information content (AvgIpc) is 2.57. The standard InChI is InChI=1S/C9H14FN3O2/c1-3-15-9(14)8-7(2)13(12-11-8)6-4-5-10/h3-6H2,1-2H3. The van der Waals surface area contributed by atoms with Gasteiger partial charge in [0.25, 0.3) is 0 Å². The molecule has 6 heteroatoms. The molecule has 0 aromatic carbocycles. The zero-order chi connectivity index (χ0) is 11.3. The van der Waals surface area contributed by atoms with Crippen LogP contribution in [0.4, 0.5) is 4.39 Å². The summed E-state index contributed by atoms with van der Waals surface area (Å²) in [5, 5.41) is 7.46. The number of carbonyl (C=O) groups excluding carboxylic acids is 1. The summed E-state index contributed by atoms with van der Waals surface area (Å²) in [4.78, 5) is 11.3. The van der Waals surface area contributed by atoms with Gasteiger partial charge in [-0.1, -0.05) is 5.21 Å². The lowest BCUT2D eigenvalue weighted by molar-refractivity contribution is 0.0518. The molecule has 0 aliphatic carbocycles. The highest BCUT2D eigenvalue weighted by Gasteiger charge is 2.16. The van der Waals surface area contributed by atoms with Crippen molar-refractivity contribution in [3.63, 3.8) is 0 Å². The van der Waals surface area contributed by atoms with E-state index in [2.05, 4.69) is 10.3 Å². The number of aryl methyl sites for hydroxylation is 1. The number of hydrogen-bond acceptors (Lipinski definition) is 4. The molecule has 0 radical (unpaired) electrons. The van der Waals surface area contributed by atoms with Gasteiger partial charge in [-0.15, -0.1) is 5.10 Å². The van der Waals surface area contributed by atoms with Crippen molar-refractivity contribution in [1.82, 2.24) is 15.0 Å². The van der Waals surface area contributed by atoms with Crippen LogP contribution in [0.15, 0.2) is 0 Å². The predicted molar refractivity (Wildman–Crippen MR) is 51.3 cm³/mol. The molecule has 0 unspecified atom stereocenters. The van der Waals surface area contributed by atoms with Crippen molar-refractivity contribution in [3.8, 4) is 0 Å². The van der Waals surface area contributed by atoms with E-state index in [1.54, 1.807) is 13.8 Å². The number of ether oxygens (including phenoxy) is 1. The highest BCUT2D eigenvalue weighted by atomic mass is 19.1. The maximum atomic E-state index is 11.9. The van der Waals surface area contributed by atoms with E-state index in [0.717, 1.165) is 0 Å². The smallest absolute Gasteiger partial charge is 0.360 e. The maximum absolute atomic E-state index is 11.9. The third-order valence-electron chi connectivity index (χ3n) is 1.95. The van der Waals surface area contributed by atoms with E-state index >= 15 is 0 Å². The second kappa shape index (κ2) is 5.43. The molecule has 0 fully saturated rings. The fourth-order valence-electron chi connectivity index (χ4n) is 1.17. The Labute approximate surface area is 87.2 Å². The lowest BCUT2D eigenvalue weighted by Crippen LogP contribution is -2.08. The van der Waals surface area contributed by atoms with E-state index in [9.17, 15) is 9.18 Å². The first-order valence-electron chi connectivity index (χ1n) is 4.83. The maximum Gasteiger partial charge on any atom is 0.360 e. The Bertz CT molecular complexity index is 338. The molecule has 0 amide bonds. The van der Waals surface area contributed by atoms with Crippen LogP contribution in [0.3, 0.4) is 0 Å². The monoisotopic (exact) mass is 215 g/mol. The van der Waals surface area contributed by atoms with Gasteiger partial charge in [0.15, 0.2) is 5.69 Å². The molecule has 1 rings (SSSR count). The Morgan fingerprint density at radius 3 is 2.93 bits per heavy atom. The Kier molecular flexibility index (Phi) is 4.20. The normalized spacial score (nSPS) is 10.3. The van der Waals surface area contributed by atoms with Crippen LogP contribution in [-0.2, 0) is 11.3 Å². The fraction of sp³-hybridized carbons (Fsp3) is 0.667. The molecule has 0 saturated carbocycles. The molecule has 0 atom stereocenters. The zero-order valence-corrected chi connectivity index (χ0v) is 8.86. The predicted octanol–water partition coefficient (Wildman–Crippen LogP) is 1.12. The number of halogens is 1. The van der Waals surface area contributed by atoms with E-state index in [1.807, 2.05) is 0 Å². The minimum atomic E-state index is -0.485. The van der Waals surface area contributed by atoms with Gasteiger partial charge < -0.3 is 4.74 Å². The highest BCUT2D eigenvalue weighted by molar-refractivity contribution is 5.88. The molecule has 0 aliphatic heterocycles. The summed E-state index contributed by atoms with van der Waals surface area (Å²) in [5.74, 6) is -0.485. The Balaban J connectivity index is 2.74. The van der Waals surface area contributed by atoms with E-state index in [0.29, 0.717) is 25.3 Å². The molecule has 0 saturated heterocycles. The SMILES string of the molecule is CCOC(=O)c1nnn(CCCF)c1C. The zero-order valence-electron chi connectivity index (χ0n) is 8.86. The van der Waals surface area contributed by atoms with Crippen LogP contribution >= 0.6 is 0 Å². The molecular formula is C9H14FN3O2. The summed E-state index contributed by atoms with van der Waals surface area (Å²) in [5.41, 5.74) is 0.817. The van der Waals surface area contributed by atoms with Gasteiger partial charge in [-0.25, -0.2) is 9.48 Å². The van der Waals surface area contributed by atoms with Crippen molar-refractivity contribution >= 4 is 5.97 Å². The Morgan fingerprint density at radius 1 is 1.60 bits per heavy atom. The molecule has 5 nitrogen and oxygen atoms in total. The number of aromatic nitrogens is 3. The van der Waals surface area contributed by atoms with Gasteiger partial charge in [-0.3, -0.25) is 4.39 Å². The number of nitrogens with zero attached hydrogens (tertiary/aromatic N) is 3. The van der Waals surface area contributed by atoms with Crippen molar-refractivity contribution in [2.75, 3.05) is 13.3 Å². The molecule has 0 aliphatic rings. The van der Waals surface area contributed by atoms with Gasteiger partial charge in [0, 0.05) is 6.54 Å². The van der Waals surface area contributed by atoms with E-state index < -0.39 is 12.6 Å². The number of esters is 1. The molecule has 0 spiro atoms. The van der Waals surface area contributed by atoms with Crippen LogP contribution in [0.25, 0.3) is 0 Å². The molecule has 84 valence electrons. The Hall–Kier alpha value is -1.46. The van der Waals surface area contributed by atoms with Crippen LogP contribution in [0.5, 0.6) is 0 Å². The van der Waals surface area contributed by atoms with Crippen LogP contribution in [0.1, 0.15) is 29.5 Å². The summed E-state index contributed by atoms with van der Waals surface area (Å²) >= 11 is 0. The lowest BCUT2D eigenvalue weighted by atomic mass is 10.3. The van der Waals surface area contributed by atoms with E-state index in [4.69, 9.17) is 4.74 Å². The minimum absolute atomic E-state index is 0.204. The molecule has 0 N–H and O–H groups in total.